The zero-order valence-electron chi connectivity index (χ0n) is 18.2. The smallest absolute Gasteiger partial charge is 0.192 e. The van der Waals surface area contributed by atoms with Gasteiger partial charge in [-0.15, -0.1) is 10.2 Å². The molecule has 0 atom stereocenters. The number of aromatic nitrogens is 3. The maximum absolute atomic E-state index is 4.83. The van der Waals surface area contributed by atoms with E-state index in [0.29, 0.717) is 19.1 Å². The van der Waals surface area contributed by atoms with E-state index >= 15 is 0 Å². The number of hydrogen-bond donors (Lipinski definition) is 2. The summed E-state index contributed by atoms with van der Waals surface area (Å²) in [7, 11) is 1.99. The minimum absolute atomic E-state index is 0.446. The second-order valence-corrected chi connectivity index (χ2v) is 8.34. The van der Waals surface area contributed by atoms with Crippen LogP contribution in [-0.2, 0) is 20.1 Å². The quantitative estimate of drug-likeness (QED) is 0.555. The number of benzene rings is 1. The number of aliphatic imine (C=N–C) groups is 1. The minimum Gasteiger partial charge on any atom is -0.354 e. The summed E-state index contributed by atoms with van der Waals surface area (Å²) >= 11 is 0. The second kappa shape index (κ2) is 10.4. The molecule has 2 N–H and O–H groups in total. The lowest BCUT2D eigenvalue weighted by Gasteiger charge is -2.34. The van der Waals surface area contributed by atoms with Gasteiger partial charge in [0.1, 0.15) is 5.82 Å². The van der Waals surface area contributed by atoms with Crippen LogP contribution in [0.25, 0.3) is 0 Å². The summed E-state index contributed by atoms with van der Waals surface area (Å²) in [6.45, 7) is 11.3. The Labute approximate surface area is 174 Å². The van der Waals surface area contributed by atoms with Crippen molar-refractivity contribution in [3.63, 3.8) is 0 Å². The van der Waals surface area contributed by atoms with Gasteiger partial charge in [0.15, 0.2) is 11.8 Å². The van der Waals surface area contributed by atoms with Crippen LogP contribution in [-0.4, -0.2) is 51.3 Å². The molecule has 1 aliphatic heterocycles. The summed E-state index contributed by atoms with van der Waals surface area (Å²) in [5.41, 5.74) is 1.20. The molecule has 0 unspecified atom stereocenters. The third kappa shape index (κ3) is 6.56. The lowest BCUT2D eigenvalue weighted by Crippen LogP contribution is -2.49. The Bertz CT molecular complexity index is 774. The number of aryl methyl sites for hydroxylation is 1. The highest BCUT2D eigenvalue weighted by Gasteiger charge is 2.20. The molecule has 1 saturated heterocycles. The fourth-order valence-electron chi connectivity index (χ4n) is 3.64. The molecule has 3 rings (SSSR count). The van der Waals surface area contributed by atoms with Gasteiger partial charge in [0.25, 0.3) is 0 Å². The number of likely N-dealkylation sites (tertiary alicyclic amines) is 1. The van der Waals surface area contributed by atoms with Crippen molar-refractivity contribution in [2.24, 2.45) is 18.0 Å². The fourth-order valence-corrected chi connectivity index (χ4v) is 3.64. The highest BCUT2D eigenvalue weighted by atomic mass is 15.3. The third-order valence-electron chi connectivity index (χ3n) is 5.41. The Morgan fingerprint density at radius 3 is 2.52 bits per heavy atom. The summed E-state index contributed by atoms with van der Waals surface area (Å²) in [6.07, 6.45) is 2.28. The van der Waals surface area contributed by atoms with Crippen LogP contribution in [0.4, 0.5) is 0 Å². The van der Waals surface area contributed by atoms with Crippen LogP contribution in [0.1, 0.15) is 43.9 Å². The lowest BCUT2D eigenvalue weighted by molar-refractivity contribution is 0.187. The zero-order valence-corrected chi connectivity index (χ0v) is 18.2. The van der Waals surface area contributed by atoms with E-state index in [4.69, 9.17) is 4.99 Å². The van der Waals surface area contributed by atoms with Gasteiger partial charge in [0, 0.05) is 32.7 Å². The number of piperidine rings is 1. The normalized spacial score (nSPS) is 16.4. The topological polar surface area (TPSA) is 70.4 Å². The molecule has 158 valence electrons. The van der Waals surface area contributed by atoms with Crippen molar-refractivity contribution in [3.8, 4) is 0 Å². The van der Waals surface area contributed by atoms with Crippen LogP contribution >= 0.6 is 0 Å². The van der Waals surface area contributed by atoms with Gasteiger partial charge in [-0.2, -0.15) is 0 Å². The van der Waals surface area contributed by atoms with Crippen LogP contribution in [0, 0.1) is 12.8 Å². The van der Waals surface area contributed by atoms with Gasteiger partial charge >= 0.3 is 0 Å². The van der Waals surface area contributed by atoms with Crippen LogP contribution in [0.5, 0.6) is 0 Å². The predicted octanol–water partition coefficient (Wildman–Crippen LogP) is 2.48. The molecule has 0 spiro atoms. The Kier molecular flexibility index (Phi) is 7.63. The molecule has 1 aromatic heterocycles. The van der Waals surface area contributed by atoms with E-state index in [0.717, 1.165) is 49.5 Å². The average Bonchev–Trinajstić information content (AvgIpc) is 3.04. The molecule has 2 heterocycles. The highest BCUT2D eigenvalue weighted by Crippen LogP contribution is 2.12. The molecule has 7 nitrogen and oxygen atoms in total. The average molecular weight is 398 g/mol. The molecule has 0 amide bonds. The van der Waals surface area contributed by atoms with E-state index in [1.165, 1.54) is 12.1 Å². The monoisotopic (exact) mass is 397 g/mol. The molecule has 2 aromatic rings. The van der Waals surface area contributed by atoms with Gasteiger partial charge in [-0.05, 0) is 31.2 Å². The van der Waals surface area contributed by atoms with Crippen molar-refractivity contribution < 1.29 is 0 Å². The molecule has 7 heteroatoms. The lowest BCUT2D eigenvalue weighted by atomic mass is 10.0. The SMILES string of the molecule is Cc1nnc(CNC(=NCc2ccccc2)NC2CCN(CC(C)C)CC2)n1C. The maximum Gasteiger partial charge on any atom is 0.192 e. The first-order valence-electron chi connectivity index (χ1n) is 10.7. The second-order valence-electron chi connectivity index (χ2n) is 8.34. The Morgan fingerprint density at radius 2 is 1.90 bits per heavy atom. The summed E-state index contributed by atoms with van der Waals surface area (Å²) < 4.78 is 2.01. The third-order valence-corrected chi connectivity index (χ3v) is 5.41. The summed E-state index contributed by atoms with van der Waals surface area (Å²) in [5.74, 6) is 3.38. The first kappa shape index (κ1) is 21.3. The Hall–Kier alpha value is -2.41. The van der Waals surface area contributed by atoms with Crippen molar-refractivity contribution in [3.05, 3.63) is 47.5 Å². The molecule has 0 radical (unpaired) electrons. The van der Waals surface area contributed by atoms with E-state index in [1.54, 1.807) is 0 Å². The molecule has 1 aromatic carbocycles. The maximum atomic E-state index is 4.83. The number of rotatable bonds is 7. The molecule has 1 aliphatic rings. The van der Waals surface area contributed by atoms with Crippen LogP contribution in [0.2, 0.25) is 0 Å². The van der Waals surface area contributed by atoms with Gasteiger partial charge in [-0.3, -0.25) is 0 Å². The number of nitrogens with zero attached hydrogens (tertiary/aromatic N) is 5. The van der Waals surface area contributed by atoms with Crippen molar-refractivity contribution >= 4 is 5.96 Å². The molecular weight excluding hydrogens is 362 g/mol. The standard InChI is InChI=1S/C22H35N7/c1-17(2)16-29-12-10-20(11-13-29)25-22(23-14-19-8-6-5-7-9-19)24-15-21-27-26-18(3)28(21)4/h5-9,17,20H,10-16H2,1-4H3,(H2,23,24,25). The number of nitrogens with one attached hydrogen (secondary N) is 2. The van der Waals surface area contributed by atoms with Crippen molar-refractivity contribution in [2.45, 2.75) is 52.7 Å². The molecule has 0 saturated carbocycles. The zero-order chi connectivity index (χ0) is 20.6. The largest absolute Gasteiger partial charge is 0.354 e. The van der Waals surface area contributed by atoms with Crippen molar-refractivity contribution in [1.29, 1.82) is 0 Å². The van der Waals surface area contributed by atoms with E-state index in [-0.39, 0.29) is 0 Å². The minimum atomic E-state index is 0.446. The summed E-state index contributed by atoms with van der Waals surface area (Å²) in [5, 5.41) is 15.5. The molecule has 1 fully saturated rings. The van der Waals surface area contributed by atoms with Crippen molar-refractivity contribution in [2.75, 3.05) is 19.6 Å². The van der Waals surface area contributed by atoms with E-state index in [1.807, 2.05) is 24.6 Å². The molecule has 0 bridgehead atoms. The van der Waals surface area contributed by atoms with Gasteiger partial charge in [-0.25, -0.2) is 4.99 Å². The first-order valence-corrected chi connectivity index (χ1v) is 10.7. The number of hydrogen-bond acceptors (Lipinski definition) is 4. The predicted molar refractivity (Wildman–Crippen MR) is 118 cm³/mol. The van der Waals surface area contributed by atoms with Crippen LogP contribution in [0.15, 0.2) is 35.3 Å². The van der Waals surface area contributed by atoms with E-state index < -0.39 is 0 Å². The molecular formula is C22H35N7. The van der Waals surface area contributed by atoms with Crippen molar-refractivity contribution in [1.82, 2.24) is 30.3 Å². The van der Waals surface area contributed by atoms with Crippen LogP contribution in [0.3, 0.4) is 0 Å². The van der Waals surface area contributed by atoms with Crippen LogP contribution < -0.4 is 10.6 Å². The van der Waals surface area contributed by atoms with Gasteiger partial charge in [-0.1, -0.05) is 44.2 Å². The fraction of sp³-hybridized carbons (Fsp3) is 0.591. The van der Waals surface area contributed by atoms with Gasteiger partial charge in [0.2, 0.25) is 0 Å². The van der Waals surface area contributed by atoms with Gasteiger partial charge < -0.3 is 20.1 Å². The van der Waals surface area contributed by atoms with E-state index in [9.17, 15) is 0 Å². The Morgan fingerprint density at radius 1 is 1.17 bits per heavy atom. The molecule has 0 aliphatic carbocycles. The van der Waals surface area contributed by atoms with E-state index in [2.05, 4.69) is 63.8 Å². The Balaban J connectivity index is 1.60. The molecule has 29 heavy (non-hydrogen) atoms. The highest BCUT2D eigenvalue weighted by molar-refractivity contribution is 5.80. The first-order chi connectivity index (χ1) is 14.0. The summed E-state index contributed by atoms with van der Waals surface area (Å²) in [4.78, 5) is 7.40. The van der Waals surface area contributed by atoms with Gasteiger partial charge in [0.05, 0.1) is 13.1 Å². The summed E-state index contributed by atoms with van der Waals surface area (Å²) in [6, 6.07) is 10.8. The number of guanidine groups is 1.